The van der Waals surface area contributed by atoms with Crippen molar-refractivity contribution in [2.24, 2.45) is 0 Å². The van der Waals surface area contributed by atoms with Crippen LogP contribution in [0.4, 0.5) is 0 Å². The van der Waals surface area contributed by atoms with E-state index in [0.717, 1.165) is 12.1 Å². The third-order valence-electron chi connectivity index (χ3n) is 2.77. The molecule has 16 heavy (non-hydrogen) atoms. The summed E-state index contributed by atoms with van der Waals surface area (Å²) in [6, 6.07) is 9.50. The van der Waals surface area contributed by atoms with Gasteiger partial charge >= 0.3 is 0 Å². The van der Waals surface area contributed by atoms with Gasteiger partial charge in [0.1, 0.15) is 0 Å². The van der Waals surface area contributed by atoms with Crippen molar-refractivity contribution in [2.75, 3.05) is 13.6 Å². The average molecular weight is 216 g/mol. The first-order valence-corrected chi connectivity index (χ1v) is 5.46. The number of nitrogens with zero attached hydrogens (tertiary/aromatic N) is 2. The Morgan fingerprint density at radius 2 is 2.00 bits per heavy atom. The lowest BCUT2D eigenvalue weighted by molar-refractivity contribution is -0.00437. The Morgan fingerprint density at radius 3 is 2.62 bits per heavy atom. The Kier molecular flexibility index (Phi) is 3.06. The van der Waals surface area contributed by atoms with Gasteiger partial charge in [0.25, 0.3) is 5.91 Å². The van der Waals surface area contributed by atoms with Crippen LogP contribution in [0, 0.1) is 0 Å². The van der Waals surface area contributed by atoms with Crippen molar-refractivity contribution in [3.63, 3.8) is 0 Å². The molecule has 1 amide bonds. The smallest absolute Gasteiger partial charge is 0.268 e. The minimum absolute atomic E-state index is 0.0555. The molecule has 0 saturated carbocycles. The van der Waals surface area contributed by atoms with Crippen molar-refractivity contribution in [1.29, 1.82) is 0 Å². The molecule has 1 atom stereocenters. The van der Waals surface area contributed by atoms with Gasteiger partial charge in [-0.15, -0.1) is 0 Å². The highest BCUT2D eigenvalue weighted by Crippen LogP contribution is 2.14. The van der Waals surface area contributed by atoms with Crippen molar-refractivity contribution in [2.45, 2.75) is 13.0 Å². The predicted molar refractivity (Wildman–Crippen MR) is 63.8 cm³/mol. The van der Waals surface area contributed by atoms with E-state index < -0.39 is 0 Å². The molecule has 0 N–H and O–H groups in total. The van der Waals surface area contributed by atoms with Gasteiger partial charge < -0.3 is 0 Å². The fourth-order valence-corrected chi connectivity index (χ4v) is 1.94. The zero-order valence-corrected chi connectivity index (χ0v) is 9.63. The largest absolute Gasteiger partial charge is 0.268 e. The number of hydrogen-bond acceptors (Lipinski definition) is 2. The van der Waals surface area contributed by atoms with Gasteiger partial charge in [0.2, 0.25) is 0 Å². The second kappa shape index (κ2) is 4.49. The van der Waals surface area contributed by atoms with Crippen molar-refractivity contribution in [3.8, 4) is 0 Å². The lowest BCUT2D eigenvalue weighted by Crippen LogP contribution is -2.50. The molecule has 0 radical (unpaired) electrons. The molecular formula is C13H16N2O. The predicted octanol–water partition coefficient (Wildman–Crippen LogP) is 1.93. The van der Waals surface area contributed by atoms with E-state index in [2.05, 4.69) is 12.2 Å². The molecule has 1 aliphatic heterocycles. The molecule has 0 saturated heterocycles. The zero-order chi connectivity index (χ0) is 11.5. The molecule has 0 fully saturated rings. The fourth-order valence-electron chi connectivity index (χ4n) is 1.94. The second-order valence-electron chi connectivity index (χ2n) is 4.02. The first-order chi connectivity index (χ1) is 7.70. The van der Waals surface area contributed by atoms with Gasteiger partial charge in [-0.05, 0) is 19.1 Å². The highest BCUT2D eigenvalue weighted by atomic mass is 16.2. The number of carbonyl (C=O) groups excluding carboxylic acids is 1. The number of hydrazine groups is 1. The number of benzene rings is 1. The molecule has 84 valence electrons. The fraction of sp³-hybridized carbons (Fsp3) is 0.308. The highest BCUT2D eigenvalue weighted by molar-refractivity contribution is 5.94. The maximum absolute atomic E-state index is 12.3. The lowest BCUT2D eigenvalue weighted by atomic mass is 10.1. The molecule has 0 bridgehead atoms. The summed E-state index contributed by atoms with van der Waals surface area (Å²) in [7, 11) is 1.93. The summed E-state index contributed by atoms with van der Waals surface area (Å²) in [5, 5.41) is 3.73. The topological polar surface area (TPSA) is 23.6 Å². The minimum atomic E-state index is 0.0555. The first kappa shape index (κ1) is 10.9. The van der Waals surface area contributed by atoms with Gasteiger partial charge in [0, 0.05) is 19.2 Å². The van der Waals surface area contributed by atoms with Crippen molar-refractivity contribution >= 4 is 5.91 Å². The summed E-state index contributed by atoms with van der Waals surface area (Å²) >= 11 is 0. The van der Waals surface area contributed by atoms with Crippen LogP contribution in [0.3, 0.4) is 0 Å². The summed E-state index contributed by atoms with van der Waals surface area (Å²) < 4.78 is 0. The number of amides is 1. The van der Waals surface area contributed by atoms with Crippen LogP contribution in [0.1, 0.15) is 17.3 Å². The molecule has 1 aliphatic rings. The second-order valence-corrected chi connectivity index (χ2v) is 4.02. The van der Waals surface area contributed by atoms with Crippen LogP contribution in [0.5, 0.6) is 0 Å². The Labute approximate surface area is 95.9 Å². The number of likely N-dealkylation sites (N-methyl/N-ethyl adjacent to an activating group) is 1. The summed E-state index contributed by atoms with van der Waals surface area (Å²) in [4.78, 5) is 12.3. The maximum Gasteiger partial charge on any atom is 0.268 e. The number of hydrogen-bond donors (Lipinski definition) is 0. The van der Waals surface area contributed by atoms with Crippen LogP contribution in [0.2, 0.25) is 0 Å². The van der Waals surface area contributed by atoms with E-state index in [-0.39, 0.29) is 11.9 Å². The van der Waals surface area contributed by atoms with Gasteiger partial charge in [-0.25, -0.2) is 5.01 Å². The van der Waals surface area contributed by atoms with E-state index in [1.165, 1.54) is 0 Å². The van der Waals surface area contributed by atoms with Crippen LogP contribution in [0.25, 0.3) is 0 Å². The van der Waals surface area contributed by atoms with Gasteiger partial charge in [0.15, 0.2) is 0 Å². The SMILES string of the molecule is CC1C=CCN(C)N1C(=O)c1ccccc1. The Bertz CT molecular complexity index is 400. The highest BCUT2D eigenvalue weighted by Gasteiger charge is 2.25. The Balaban J connectivity index is 2.25. The third kappa shape index (κ3) is 1.99. The Hall–Kier alpha value is -1.61. The lowest BCUT2D eigenvalue weighted by Gasteiger charge is -2.37. The van der Waals surface area contributed by atoms with Gasteiger partial charge in [0.05, 0.1) is 6.04 Å². The molecular weight excluding hydrogens is 200 g/mol. The van der Waals surface area contributed by atoms with Crippen LogP contribution in [-0.4, -0.2) is 35.6 Å². The van der Waals surface area contributed by atoms with Crippen LogP contribution in [0.15, 0.2) is 42.5 Å². The third-order valence-corrected chi connectivity index (χ3v) is 2.77. The summed E-state index contributed by atoms with van der Waals surface area (Å²) in [6.07, 6.45) is 4.14. The van der Waals surface area contributed by atoms with Crippen LogP contribution < -0.4 is 0 Å². The summed E-state index contributed by atoms with van der Waals surface area (Å²) in [5.41, 5.74) is 0.733. The normalized spacial score (nSPS) is 21.1. The quantitative estimate of drug-likeness (QED) is 0.670. The van der Waals surface area contributed by atoms with Gasteiger partial charge in [-0.3, -0.25) is 9.80 Å². The molecule has 0 spiro atoms. The van der Waals surface area contributed by atoms with E-state index in [1.54, 1.807) is 5.01 Å². The van der Waals surface area contributed by atoms with E-state index >= 15 is 0 Å². The molecule has 1 aromatic rings. The van der Waals surface area contributed by atoms with Crippen LogP contribution >= 0.6 is 0 Å². The van der Waals surface area contributed by atoms with E-state index in [9.17, 15) is 4.79 Å². The van der Waals surface area contributed by atoms with E-state index in [4.69, 9.17) is 0 Å². The standard InChI is InChI=1S/C13H16N2O/c1-11-7-6-10-14(2)15(11)13(16)12-8-4-3-5-9-12/h3-9,11H,10H2,1-2H3. The van der Waals surface area contributed by atoms with Crippen LogP contribution in [-0.2, 0) is 0 Å². The molecule has 1 heterocycles. The van der Waals surface area contributed by atoms with E-state index in [0.29, 0.717) is 0 Å². The van der Waals surface area contributed by atoms with E-state index in [1.807, 2.05) is 49.3 Å². The molecule has 0 aromatic heterocycles. The zero-order valence-electron chi connectivity index (χ0n) is 9.63. The molecule has 3 nitrogen and oxygen atoms in total. The molecule has 2 rings (SSSR count). The molecule has 1 unspecified atom stereocenters. The molecule has 1 aromatic carbocycles. The van der Waals surface area contributed by atoms with Crippen molar-refractivity contribution in [3.05, 3.63) is 48.0 Å². The molecule has 3 heteroatoms. The average Bonchev–Trinajstić information content (AvgIpc) is 2.30. The number of rotatable bonds is 1. The van der Waals surface area contributed by atoms with Crippen molar-refractivity contribution < 1.29 is 4.79 Å². The summed E-state index contributed by atoms with van der Waals surface area (Å²) in [5.74, 6) is 0.0555. The van der Waals surface area contributed by atoms with Gasteiger partial charge in [-0.1, -0.05) is 30.4 Å². The minimum Gasteiger partial charge on any atom is -0.268 e. The monoisotopic (exact) mass is 216 g/mol. The van der Waals surface area contributed by atoms with Crippen molar-refractivity contribution in [1.82, 2.24) is 10.0 Å². The maximum atomic E-state index is 12.3. The Morgan fingerprint density at radius 1 is 1.31 bits per heavy atom. The summed E-state index contributed by atoms with van der Waals surface area (Å²) in [6.45, 7) is 2.80. The van der Waals surface area contributed by atoms with Gasteiger partial charge in [-0.2, -0.15) is 0 Å². The first-order valence-electron chi connectivity index (χ1n) is 5.46. The molecule has 0 aliphatic carbocycles. The number of carbonyl (C=O) groups is 1.